The Balaban J connectivity index is 1.62. The SMILES string of the molecule is COC(=O)C1Cc2cc(OC)c(OC)cc2CN1C(=O)[C@@H]1CCCC[C@H]1C(=O)NC1(C#N)CC1. The van der Waals surface area contributed by atoms with Gasteiger partial charge in [-0.1, -0.05) is 12.8 Å². The average molecular weight is 470 g/mol. The Labute approximate surface area is 199 Å². The highest BCUT2D eigenvalue weighted by atomic mass is 16.5. The number of benzene rings is 1. The van der Waals surface area contributed by atoms with Gasteiger partial charge < -0.3 is 24.4 Å². The van der Waals surface area contributed by atoms with Crippen LogP contribution < -0.4 is 14.8 Å². The van der Waals surface area contributed by atoms with Crippen LogP contribution in [0.2, 0.25) is 0 Å². The van der Waals surface area contributed by atoms with Gasteiger partial charge in [-0.3, -0.25) is 9.59 Å². The lowest BCUT2D eigenvalue weighted by molar-refractivity contribution is -0.158. The molecule has 2 fully saturated rings. The van der Waals surface area contributed by atoms with Crippen LogP contribution >= 0.6 is 0 Å². The molecule has 34 heavy (non-hydrogen) atoms. The van der Waals surface area contributed by atoms with E-state index in [1.54, 1.807) is 19.1 Å². The first kappa shape index (κ1) is 23.9. The molecule has 2 saturated carbocycles. The number of carbonyl (C=O) groups is 3. The minimum absolute atomic E-state index is 0.210. The molecule has 1 aromatic carbocycles. The Morgan fingerprint density at radius 1 is 1.03 bits per heavy atom. The Hall–Kier alpha value is -3.28. The van der Waals surface area contributed by atoms with E-state index in [0.29, 0.717) is 37.2 Å². The lowest BCUT2D eigenvalue weighted by Crippen LogP contribution is -2.54. The Morgan fingerprint density at radius 2 is 1.65 bits per heavy atom. The highest BCUT2D eigenvalue weighted by molar-refractivity contribution is 5.91. The van der Waals surface area contributed by atoms with Crippen LogP contribution in [-0.2, 0) is 32.1 Å². The van der Waals surface area contributed by atoms with Gasteiger partial charge in [-0.2, -0.15) is 5.26 Å². The van der Waals surface area contributed by atoms with Crippen LogP contribution in [-0.4, -0.2) is 55.6 Å². The molecular weight excluding hydrogens is 438 g/mol. The van der Waals surface area contributed by atoms with Gasteiger partial charge in [0.1, 0.15) is 11.6 Å². The van der Waals surface area contributed by atoms with Gasteiger partial charge in [-0.25, -0.2) is 4.79 Å². The molecule has 0 radical (unpaired) electrons. The monoisotopic (exact) mass is 469 g/mol. The molecule has 0 aromatic heterocycles. The first-order valence-corrected chi connectivity index (χ1v) is 11.7. The maximum absolute atomic E-state index is 13.9. The van der Waals surface area contributed by atoms with Gasteiger partial charge in [-0.05, 0) is 48.9 Å². The minimum Gasteiger partial charge on any atom is -0.493 e. The molecule has 9 heteroatoms. The summed E-state index contributed by atoms with van der Waals surface area (Å²) in [4.78, 5) is 41.2. The van der Waals surface area contributed by atoms with Crippen LogP contribution in [0.3, 0.4) is 0 Å². The zero-order valence-corrected chi connectivity index (χ0v) is 19.9. The summed E-state index contributed by atoms with van der Waals surface area (Å²) in [6.07, 6.45) is 4.40. The molecule has 1 heterocycles. The number of nitrogens with zero attached hydrogens (tertiary/aromatic N) is 2. The number of hydrogen-bond donors (Lipinski definition) is 1. The molecule has 1 aliphatic heterocycles. The second kappa shape index (κ2) is 9.53. The third-order valence-corrected chi connectivity index (χ3v) is 7.34. The fourth-order valence-corrected chi connectivity index (χ4v) is 5.16. The third-order valence-electron chi connectivity index (χ3n) is 7.34. The van der Waals surface area contributed by atoms with Crippen molar-refractivity contribution in [3.05, 3.63) is 23.3 Å². The second-order valence-corrected chi connectivity index (χ2v) is 9.37. The standard InChI is InChI=1S/C25H31N3O6/c1-32-20-11-15-10-19(24(31)34-3)28(13-16(15)12-21(20)33-2)23(30)18-7-5-4-6-17(18)22(29)27-25(14-26)8-9-25/h11-12,17-19H,4-10,13H2,1-3H3,(H,27,29)/t17-,18-,19?/m1/s1. The van der Waals surface area contributed by atoms with Gasteiger partial charge in [-0.15, -0.1) is 0 Å². The average Bonchev–Trinajstić information content (AvgIpc) is 3.65. The Bertz CT molecular complexity index is 1030. The topological polar surface area (TPSA) is 118 Å². The summed E-state index contributed by atoms with van der Waals surface area (Å²) in [7, 11) is 4.41. The molecule has 2 aliphatic carbocycles. The second-order valence-electron chi connectivity index (χ2n) is 9.37. The van der Waals surface area contributed by atoms with Crippen LogP contribution in [0.4, 0.5) is 0 Å². The zero-order chi connectivity index (χ0) is 24.5. The lowest BCUT2D eigenvalue weighted by atomic mass is 9.77. The predicted molar refractivity (Wildman–Crippen MR) is 121 cm³/mol. The number of amides is 2. The van der Waals surface area contributed by atoms with Gasteiger partial charge in [0.15, 0.2) is 11.5 Å². The summed E-state index contributed by atoms with van der Waals surface area (Å²) < 4.78 is 15.9. The number of carbonyl (C=O) groups excluding carboxylic acids is 3. The molecule has 4 rings (SSSR count). The van der Waals surface area contributed by atoms with Gasteiger partial charge in [0.2, 0.25) is 11.8 Å². The van der Waals surface area contributed by atoms with E-state index in [0.717, 1.165) is 24.0 Å². The summed E-state index contributed by atoms with van der Waals surface area (Å²) >= 11 is 0. The van der Waals surface area contributed by atoms with Crippen molar-refractivity contribution in [3.63, 3.8) is 0 Å². The number of esters is 1. The van der Waals surface area contributed by atoms with Crippen molar-refractivity contribution in [2.24, 2.45) is 11.8 Å². The molecular formula is C25H31N3O6. The van der Waals surface area contributed by atoms with Crippen molar-refractivity contribution >= 4 is 17.8 Å². The van der Waals surface area contributed by atoms with E-state index >= 15 is 0 Å². The summed E-state index contributed by atoms with van der Waals surface area (Å²) in [5.74, 6) is -0.916. The van der Waals surface area contributed by atoms with E-state index in [1.807, 2.05) is 12.1 Å². The summed E-state index contributed by atoms with van der Waals surface area (Å²) in [6, 6.07) is 5.05. The predicted octanol–water partition coefficient (Wildman–Crippen LogP) is 2.11. The zero-order valence-electron chi connectivity index (χ0n) is 19.9. The van der Waals surface area contributed by atoms with E-state index in [1.165, 1.54) is 7.11 Å². The van der Waals surface area contributed by atoms with Crippen molar-refractivity contribution < 1.29 is 28.6 Å². The van der Waals surface area contributed by atoms with Gasteiger partial charge in [0, 0.05) is 24.8 Å². The number of fused-ring (bicyclic) bond motifs is 1. The van der Waals surface area contributed by atoms with Crippen molar-refractivity contribution in [2.75, 3.05) is 21.3 Å². The van der Waals surface area contributed by atoms with Gasteiger partial charge in [0.25, 0.3) is 0 Å². The first-order chi connectivity index (χ1) is 16.4. The highest BCUT2D eigenvalue weighted by Crippen LogP contribution is 2.39. The quantitative estimate of drug-likeness (QED) is 0.634. The lowest BCUT2D eigenvalue weighted by Gasteiger charge is -2.40. The number of nitrogens with one attached hydrogen (secondary N) is 1. The number of methoxy groups -OCH3 is 3. The fourth-order valence-electron chi connectivity index (χ4n) is 5.16. The highest BCUT2D eigenvalue weighted by Gasteiger charge is 2.48. The molecule has 3 atom stereocenters. The molecule has 1 unspecified atom stereocenters. The molecule has 1 N–H and O–H groups in total. The number of hydrogen-bond acceptors (Lipinski definition) is 7. The summed E-state index contributed by atoms with van der Waals surface area (Å²) in [5, 5.41) is 12.2. The molecule has 1 aromatic rings. The Kier molecular flexibility index (Phi) is 6.69. The third kappa shape index (κ3) is 4.41. The number of ether oxygens (including phenoxy) is 3. The molecule has 2 amide bonds. The maximum Gasteiger partial charge on any atom is 0.328 e. The van der Waals surface area contributed by atoms with E-state index < -0.39 is 29.4 Å². The normalized spacial score (nSPS) is 24.8. The van der Waals surface area contributed by atoms with Crippen LogP contribution in [0.1, 0.15) is 49.7 Å². The van der Waals surface area contributed by atoms with Crippen LogP contribution in [0.25, 0.3) is 0 Å². The molecule has 9 nitrogen and oxygen atoms in total. The van der Waals surface area contributed by atoms with Gasteiger partial charge in [0.05, 0.1) is 27.4 Å². The molecule has 0 saturated heterocycles. The minimum atomic E-state index is -0.789. The van der Waals surface area contributed by atoms with Crippen molar-refractivity contribution in [1.82, 2.24) is 10.2 Å². The van der Waals surface area contributed by atoms with Crippen LogP contribution in [0.15, 0.2) is 12.1 Å². The van der Waals surface area contributed by atoms with E-state index in [9.17, 15) is 19.6 Å². The number of rotatable bonds is 6. The van der Waals surface area contributed by atoms with E-state index in [4.69, 9.17) is 14.2 Å². The maximum atomic E-state index is 13.9. The molecule has 3 aliphatic rings. The summed E-state index contributed by atoms with van der Waals surface area (Å²) in [6.45, 7) is 0.210. The first-order valence-electron chi connectivity index (χ1n) is 11.7. The van der Waals surface area contributed by atoms with Gasteiger partial charge >= 0.3 is 5.97 Å². The van der Waals surface area contributed by atoms with E-state index in [2.05, 4.69) is 11.4 Å². The van der Waals surface area contributed by atoms with Crippen LogP contribution in [0, 0.1) is 23.2 Å². The summed E-state index contributed by atoms with van der Waals surface area (Å²) in [5.41, 5.74) is 0.972. The molecule has 182 valence electrons. The molecule has 0 spiro atoms. The largest absolute Gasteiger partial charge is 0.493 e. The Morgan fingerprint density at radius 3 is 2.21 bits per heavy atom. The van der Waals surface area contributed by atoms with Crippen molar-refractivity contribution in [3.8, 4) is 17.6 Å². The number of nitriles is 1. The smallest absolute Gasteiger partial charge is 0.328 e. The molecule has 0 bridgehead atoms. The van der Waals surface area contributed by atoms with E-state index in [-0.39, 0.29) is 24.8 Å². The van der Waals surface area contributed by atoms with Crippen molar-refractivity contribution in [1.29, 1.82) is 5.26 Å². The fraction of sp³-hybridized carbons (Fsp3) is 0.600. The van der Waals surface area contributed by atoms with Crippen LogP contribution in [0.5, 0.6) is 11.5 Å². The van der Waals surface area contributed by atoms with Crippen molar-refractivity contribution in [2.45, 2.75) is 63.1 Å².